The Balaban J connectivity index is 1.71. The van der Waals surface area contributed by atoms with Crippen LogP contribution in [-0.2, 0) is 14.3 Å². The quantitative estimate of drug-likeness (QED) is 0.0624. The number of oxime groups is 1. The number of carbonyl (C=O) groups excluding carboxylic acids is 2. The Morgan fingerprint density at radius 3 is 2.41 bits per heavy atom. The van der Waals surface area contributed by atoms with E-state index in [0.29, 0.717) is 66.8 Å². The Labute approximate surface area is 361 Å². The molecule has 2 aliphatic carbocycles. The van der Waals surface area contributed by atoms with Crippen molar-refractivity contribution in [3.05, 3.63) is 66.3 Å². The van der Waals surface area contributed by atoms with E-state index in [9.17, 15) is 19.8 Å². The normalized spacial score (nSPS) is 23.4. The molecule has 1 heterocycles. The molecule has 1 fully saturated rings. The van der Waals surface area contributed by atoms with E-state index in [1.165, 1.54) is 7.11 Å². The van der Waals surface area contributed by atoms with Crippen LogP contribution >= 0.6 is 0 Å². The van der Waals surface area contributed by atoms with Crippen LogP contribution in [0.4, 0.5) is 15.3 Å². The zero-order valence-electron chi connectivity index (χ0n) is 37.1. The maximum absolute atomic E-state index is 14.3. The number of nitrogens with zero attached hydrogens (tertiary/aromatic N) is 2. The summed E-state index contributed by atoms with van der Waals surface area (Å²) in [5.74, 6) is -0.434. The molecule has 0 saturated heterocycles. The second-order valence-corrected chi connectivity index (χ2v) is 17.1. The van der Waals surface area contributed by atoms with E-state index in [1.54, 1.807) is 48.4 Å². The van der Waals surface area contributed by atoms with Crippen molar-refractivity contribution in [2.24, 2.45) is 28.3 Å². The molecule has 2 aromatic rings. The van der Waals surface area contributed by atoms with Crippen molar-refractivity contribution in [1.82, 2.24) is 4.90 Å². The zero-order valence-corrected chi connectivity index (χ0v) is 37.1. The molecule has 14 nitrogen and oxygen atoms in total. The van der Waals surface area contributed by atoms with Crippen molar-refractivity contribution in [3.8, 4) is 23.0 Å². The van der Waals surface area contributed by atoms with E-state index in [1.807, 2.05) is 40.7 Å². The maximum atomic E-state index is 14.3. The Morgan fingerprint density at radius 1 is 1.02 bits per heavy atom. The summed E-state index contributed by atoms with van der Waals surface area (Å²) < 4.78 is 37.0. The summed E-state index contributed by atoms with van der Waals surface area (Å²) in [5, 5.41) is 27.3. The predicted molar refractivity (Wildman–Crippen MR) is 234 cm³/mol. The molecule has 61 heavy (non-hydrogen) atoms. The Bertz CT molecular complexity index is 1860. The number of amides is 2. The number of nitrogens with one attached hydrogen (secondary N) is 1. The third kappa shape index (κ3) is 11.2. The Kier molecular flexibility index (Phi) is 16.9. The number of methoxy groups -OCH3 is 2. The first-order valence-electron chi connectivity index (χ1n) is 21.7. The third-order valence-corrected chi connectivity index (χ3v) is 11.5. The van der Waals surface area contributed by atoms with Gasteiger partial charge >= 0.3 is 12.2 Å². The number of anilines is 1. The van der Waals surface area contributed by atoms with E-state index in [4.69, 9.17) is 38.4 Å². The van der Waals surface area contributed by atoms with Crippen LogP contribution in [0.3, 0.4) is 0 Å². The van der Waals surface area contributed by atoms with Gasteiger partial charge in [-0.3, -0.25) is 10.2 Å². The van der Waals surface area contributed by atoms with E-state index in [0.717, 1.165) is 36.8 Å². The maximum Gasteiger partial charge on any atom is 0.417 e. The van der Waals surface area contributed by atoms with E-state index in [2.05, 4.69) is 18.0 Å². The monoisotopic (exact) mass is 849 g/mol. The molecule has 2 aromatic carbocycles. The van der Waals surface area contributed by atoms with Crippen molar-refractivity contribution < 1.29 is 53.1 Å². The minimum Gasteiger partial charge on any atom is -0.497 e. The van der Waals surface area contributed by atoms with Gasteiger partial charge in [-0.05, 0) is 92.2 Å². The number of aliphatic hydroxyl groups is 2. The van der Waals surface area contributed by atoms with Gasteiger partial charge in [0.25, 0.3) is 0 Å². The van der Waals surface area contributed by atoms with Gasteiger partial charge in [-0.25, -0.2) is 9.59 Å². The van der Waals surface area contributed by atoms with Gasteiger partial charge in [0.1, 0.15) is 35.6 Å². The number of allylic oxidation sites excluding steroid dienone is 1. The highest BCUT2D eigenvalue weighted by Crippen LogP contribution is 2.62. The van der Waals surface area contributed by atoms with Crippen molar-refractivity contribution in [1.29, 1.82) is 0 Å². The van der Waals surface area contributed by atoms with Crippen molar-refractivity contribution in [2.75, 3.05) is 59.1 Å². The average molecular weight is 850 g/mol. The van der Waals surface area contributed by atoms with Gasteiger partial charge in [-0.15, -0.1) is 6.58 Å². The fraction of sp³-hybridized carbons (Fsp3) is 0.596. The molecule has 6 atom stereocenters. The molecule has 0 radical (unpaired) electrons. The van der Waals surface area contributed by atoms with Crippen molar-refractivity contribution in [3.63, 3.8) is 0 Å². The summed E-state index contributed by atoms with van der Waals surface area (Å²) in [7, 11) is 3.06. The summed E-state index contributed by atoms with van der Waals surface area (Å²) in [6, 6.07) is 9.69. The van der Waals surface area contributed by atoms with E-state index < -0.39 is 29.9 Å². The minimum absolute atomic E-state index is 0.0134. The molecular weight excluding hydrogens is 783 g/mol. The minimum atomic E-state index is -1.44. The van der Waals surface area contributed by atoms with Gasteiger partial charge in [0.2, 0.25) is 5.79 Å². The molecule has 2 amide bonds. The van der Waals surface area contributed by atoms with Crippen LogP contribution in [0.1, 0.15) is 97.5 Å². The van der Waals surface area contributed by atoms with Gasteiger partial charge in [-0.2, -0.15) is 0 Å². The average Bonchev–Trinajstić information content (AvgIpc) is 3.24. The third-order valence-electron chi connectivity index (χ3n) is 11.5. The van der Waals surface area contributed by atoms with E-state index >= 15 is 0 Å². The highest BCUT2D eigenvalue weighted by molar-refractivity contribution is 6.03. The molecule has 0 spiro atoms. The zero-order chi connectivity index (χ0) is 44.2. The van der Waals surface area contributed by atoms with Gasteiger partial charge in [-0.1, -0.05) is 57.8 Å². The molecule has 0 bridgehead atoms. The number of fused-ring (bicyclic) bond motifs is 2. The molecule has 3 aliphatic rings. The first-order chi connectivity index (χ1) is 29.4. The summed E-state index contributed by atoms with van der Waals surface area (Å²) in [6.45, 7) is 15.1. The second kappa shape index (κ2) is 21.8. The highest BCUT2D eigenvalue weighted by atomic mass is 16.7. The fourth-order valence-corrected chi connectivity index (χ4v) is 8.98. The Hall–Kier alpha value is -4.79. The highest BCUT2D eigenvalue weighted by Gasteiger charge is 2.65. The molecule has 336 valence electrons. The number of aliphatic hydroxyl groups excluding tert-OH is 2. The molecule has 0 unspecified atom stereocenters. The molecule has 1 aliphatic heterocycles. The molecular formula is C47H67N3O11. The summed E-state index contributed by atoms with van der Waals surface area (Å²) in [5.41, 5.74) is 2.55. The number of carbonyl (C=O) groups is 2. The number of hydrogen-bond donors (Lipinski definition) is 3. The van der Waals surface area contributed by atoms with Crippen LogP contribution in [0.15, 0.2) is 65.9 Å². The summed E-state index contributed by atoms with van der Waals surface area (Å²) in [4.78, 5) is 35.4. The van der Waals surface area contributed by atoms with Gasteiger partial charge in [0, 0.05) is 43.7 Å². The lowest BCUT2D eigenvalue weighted by atomic mass is 9.55. The molecule has 1 saturated carbocycles. The van der Waals surface area contributed by atoms with Crippen LogP contribution in [0, 0.1) is 23.2 Å². The number of rotatable bonds is 21. The van der Waals surface area contributed by atoms with Crippen LogP contribution in [-0.4, -0.2) is 98.6 Å². The lowest BCUT2D eigenvalue weighted by molar-refractivity contribution is -0.255. The number of ether oxygens (including phenoxy) is 6. The lowest BCUT2D eigenvalue weighted by Gasteiger charge is -2.60. The lowest BCUT2D eigenvalue weighted by Crippen LogP contribution is -2.70. The smallest absolute Gasteiger partial charge is 0.417 e. The molecule has 3 N–H and O–H groups in total. The fourth-order valence-electron chi connectivity index (χ4n) is 8.98. The van der Waals surface area contributed by atoms with Crippen LogP contribution in [0.5, 0.6) is 23.0 Å². The van der Waals surface area contributed by atoms with Crippen LogP contribution < -0.4 is 24.3 Å². The molecule has 5 rings (SSSR count). The summed E-state index contributed by atoms with van der Waals surface area (Å²) >= 11 is 0. The summed E-state index contributed by atoms with van der Waals surface area (Å²) in [6.07, 6.45) is 8.06. The number of hydrogen-bond acceptors (Lipinski definition) is 12. The predicted octanol–water partition coefficient (Wildman–Crippen LogP) is 8.86. The van der Waals surface area contributed by atoms with Crippen LogP contribution in [0.2, 0.25) is 0 Å². The number of unbranched alkanes of at least 4 members (excludes halogenated alkanes) is 2. The second-order valence-electron chi connectivity index (χ2n) is 17.1. The molecule has 14 heteroatoms. The first kappa shape index (κ1) is 47.3. The van der Waals surface area contributed by atoms with Crippen molar-refractivity contribution in [2.45, 2.75) is 104 Å². The SMILES string of the molecule is C=CCO[C@@]12Oc3ccc(OC(=O)Nc4ccc(OC)cc4OC)cc3[C@H]3[C@H](CCCCO)[C@@H](CCCCO)C=C(C(=NOCC)C[C@@H]1N(CCC)C(=O)OCC(C)(C)C)[C@H]32. The Morgan fingerprint density at radius 2 is 1.75 bits per heavy atom. The number of benzene rings is 2. The van der Waals surface area contributed by atoms with Crippen molar-refractivity contribution >= 4 is 23.6 Å². The van der Waals surface area contributed by atoms with Crippen LogP contribution in [0.25, 0.3) is 0 Å². The van der Waals surface area contributed by atoms with Gasteiger partial charge in [0.15, 0.2) is 0 Å². The van der Waals surface area contributed by atoms with E-state index in [-0.39, 0.29) is 56.0 Å². The molecule has 0 aromatic heterocycles. The topological polar surface area (TPSA) is 167 Å². The standard InChI is InChI=1S/C47H67N3O11/c1-9-22-50(45(54)57-30-46(4,5)6)41-29-38(49-59-11-3)35-26-31(16-12-14-23-51)34(17-13-15-24-52)42-36-27-33(19-21-39(36)61-47(41,43(35)42)58-25-10-2)60-44(53)48-37-20-18-32(55-7)28-40(37)56-8/h10,18-21,26-28,31,34,41-43,51-52H,2,9,11-17,22-25,29-30H2,1,3-8H3,(H,48,53)/t31-,34+,41-,42+,43+,47+/m0/s1. The van der Waals surface area contributed by atoms with Gasteiger partial charge < -0.3 is 43.5 Å². The largest absolute Gasteiger partial charge is 0.497 e. The van der Waals surface area contributed by atoms with Gasteiger partial charge in [0.05, 0.1) is 44.8 Å². The first-order valence-corrected chi connectivity index (χ1v) is 21.7.